The molecule has 0 saturated carbocycles. The fourth-order valence-corrected chi connectivity index (χ4v) is 3.28. The normalized spacial score (nSPS) is 15.8. The average Bonchev–Trinajstić information content (AvgIpc) is 2.64. The van der Waals surface area contributed by atoms with Crippen LogP contribution in [0, 0.1) is 0 Å². The number of methoxy groups -OCH3 is 1. The summed E-state index contributed by atoms with van der Waals surface area (Å²) in [6.45, 7) is 3.97. The Morgan fingerprint density at radius 1 is 1.38 bits per heavy atom. The van der Waals surface area contributed by atoms with Gasteiger partial charge in [0.1, 0.15) is 12.4 Å². The van der Waals surface area contributed by atoms with Crippen LogP contribution in [0.3, 0.4) is 0 Å². The molecule has 1 aliphatic heterocycles. The summed E-state index contributed by atoms with van der Waals surface area (Å²) < 4.78 is 10.9. The third-order valence-electron chi connectivity index (χ3n) is 4.07. The van der Waals surface area contributed by atoms with Gasteiger partial charge in [-0.1, -0.05) is 30.5 Å². The Morgan fingerprint density at radius 2 is 2.19 bits per heavy atom. The molecule has 8 heteroatoms. The van der Waals surface area contributed by atoms with Crippen LogP contribution in [0.1, 0.15) is 23.5 Å². The topological polar surface area (TPSA) is 93.3 Å². The van der Waals surface area contributed by atoms with Gasteiger partial charge in [0.15, 0.2) is 16.7 Å². The number of thioether (sulfide) groups is 1. The summed E-state index contributed by atoms with van der Waals surface area (Å²) in [7, 11) is 1.54. The highest BCUT2D eigenvalue weighted by atomic mass is 32.2. The van der Waals surface area contributed by atoms with Crippen LogP contribution in [-0.2, 0) is 4.79 Å². The van der Waals surface area contributed by atoms with Crippen molar-refractivity contribution in [2.24, 2.45) is 0 Å². The van der Waals surface area contributed by atoms with Crippen molar-refractivity contribution in [1.29, 1.82) is 0 Å². The van der Waals surface area contributed by atoms with Crippen LogP contribution in [-0.4, -0.2) is 35.8 Å². The van der Waals surface area contributed by atoms with Gasteiger partial charge in [0, 0.05) is 12.3 Å². The van der Waals surface area contributed by atoms with Crippen LogP contribution in [0.15, 0.2) is 40.8 Å². The summed E-state index contributed by atoms with van der Waals surface area (Å²) in [5.41, 5.74) is 0.979. The van der Waals surface area contributed by atoms with Crippen molar-refractivity contribution in [3.05, 3.63) is 52.3 Å². The number of benzene rings is 1. The molecule has 7 nitrogen and oxygen atoms in total. The lowest BCUT2D eigenvalue weighted by atomic mass is 9.86. The third kappa shape index (κ3) is 3.45. The highest BCUT2D eigenvalue weighted by Crippen LogP contribution is 2.38. The molecule has 0 saturated heterocycles. The molecule has 2 heterocycles. The highest BCUT2D eigenvalue weighted by molar-refractivity contribution is 7.98. The summed E-state index contributed by atoms with van der Waals surface area (Å²) in [4.78, 5) is 31.8. The van der Waals surface area contributed by atoms with Crippen molar-refractivity contribution in [3.63, 3.8) is 0 Å². The summed E-state index contributed by atoms with van der Waals surface area (Å²) in [5, 5.41) is 3.15. The van der Waals surface area contributed by atoms with Gasteiger partial charge in [0.2, 0.25) is 5.91 Å². The number of hydrogen-bond donors (Lipinski definition) is 2. The smallest absolute Gasteiger partial charge is 0.257 e. The summed E-state index contributed by atoms with van der Waals surface area (Å²) in [6, 6.07) is 5.38. The minimum absolute atomic E-state index is 0.159. The lowest BCUT2D eigenvalue weighted by Crippen LogP contribution is -2.31. The van der Waals surface area contributed by atoms with Crippen molar-refractivity contribution in [3.8, 4) is 11.5 Å². The van der Waals surface area contributed by atoms with Gasteiger partial charge >= 0.3 is 0 Å². The molecule has 1 aromatic carbocycles. The molecule has 0 radical (unpaired) electrons. The zero-order valence-electron chi connectivity index (χ0n) is 14.5. The van der Waals surface area contributed by atoms with E-state index in [1.54, 1.807) is 31.6 Å². The second kappa shape index (κ2) is 7.65. The van der Waals surface area contributed by atoms with E-state index in [-0.39, 0.29) is 17.9 Å². The number of carbonyl (C=O) groups is 1. The molecule has 136 valence electrons. The number of aromatic amines is 1. The average molecular weight is 373 g/mol. The molecule has 2 N–H and O–H groups in total. The number of rotatable bonds is 6. The predicted octanol–water partition coefficient (Wildman–Crippen LogP) is 2.54. The maximum absolute atomic E-state index is 12.6. The zero-order valence-corrected chi connectivity index (χ0v) is 15.3. The van der Waals surface area contributed by atoms with E-state index < -0.39 is 5.92 Å². The number of anilines is 1. The maximum atomic E-state index is 12.6. The van der Waals surface area contributed by atoms with Crippen LogP contribution >= 0.6 is 11.8 Å². The van der Waals surface area contributed by atoms with E-state index in [0.717, 1.165) is 5.56 Å². The first kappa shape index (κ1) is 18.1. The summed E-state index contributed by atoms with van der Waals surface area (Å²) in [5.74, 6) is 0.820. The second-order valence-corrected chi connectivity index (χ2v) is 6.45. The SMILES string of the molecule is C=CCOc1ccc([C@@H]2CC(=O)Nc3nc(SC)[nH]c(=O)c32)cc1OC. The molecule has 1 aromatic heterocycles. The zero-order chi connectivity index (χ0) is 18.7. The van der Waals surface area contributed by atoms with Crippen molar-refractivity contribution < 1.29 is 14.3 Å². The van der Waals surface area contributed by atoms with Crippen molar-refractivity contribution >= 4 is 23.5 Å². The first-order valence-corrected chi connectivity index (χ1v) is 9.19. The number of nitrogens with zero attached hydrogens (tertiary/aromatic N) is 1. The number of aromatic nitrogens is 2. The van der Waals surface area contributed by atoms with Gasteiger partial charge in [-0.05, 0) is 24.0 Å². The number of carbonyl (C=O) groups excluding carboxylic acids is 1. The number of H-pyrrole nitrogens is 1. The Bertz CT molecular complexity index is 910. The van der Waals surface area contributed by atoms with E-state index in [4.69, 9.17) is 9.47 Å². The predicted molar refractivity (Wildman–Crippen MR) is 100 cm³/mol. The quantitative estimate of drug-likeness (QED) is 0.459. The Labute approximate surface area is 154 Å². The van der Waals surface area contributed by atoms with Gasteiger partial charge in [0.25, 0.3) is 5.56 Å². The van der Waals surface area contributed by atoms with Crippen molar-refractivity contribution in [2.45, 2.75) is 17.5 Å². The van der Waals surface area contributed by atoms with Gasteiger partial charge in [0.05, 0.1) is 12.7 Å². The summed E-state index contributed by atoms with van der Waals surface area (Å²) >= 11 is 1.31. The van der Waals surface area contributed by atoms with E-state index >= 15 is 0 Å². The molecule has 1 amide bonds. The number of nitrogens with one attached hydrogen (secondary N) is 2. The van der Waals surface area contributed by atoms with Crippen LogP contribution in [0.25, 0.3) is 0 Å². The minimum Gasteiger partial charge on any atom is -0.493 e. The Kier molecular flexibility index (Phi) is 5.32. The lowest BCUT2D eigenvalue weighted by Gasteiger charge is -2.25. The molecular formula is C18H19N3O4S. The second-order valence-electron chi connectivity index (χ2n) is 5.65. The summed E-state index contributed by atoms with van der Waals surface area (Å²) in [6.07, 6.45) is 3.61. The first-order chi connectivity index (χ1) is 12.6. The van der Waals surface area contributed by atoms with Crippen LogP contribution in [0.2, 0.25) is 0 Å². The molecule has 0 spiro atoms. The molecule has 3 rings (SSSR count). The van der Waals surface area contributed by atoms with Crippen LogP contribution < -0.4 is 20.3 Å². The van der Waals surface area contributed by atoms with Crippen LogP contribution in [0.5, 0.6) is 11.5 Å². The number of ether oxygens (including phenoxy) is 2. The molecule has 0 fully saturated rings. The molecule has 0 unspecified atom stereocenters. The molecule has 2 aromatic rings. The van der Waals surface area contributed by atoms with Crippen LogP contribution in [0.4, 0.5) is 5.82 Å². The fraction of sp³-hybridized carbons (Fsp3) is 0.278. The third-order valence-corrected chi connectivity index (χ3v) is 4.65. The standard InChI is InChI=1S/C18H19N3O4S/c1-4-7-25-12-6-5-10(8-13(12)24-2)11-9-14(22)19-16-15(11)17(23)21-18(20-16)26-3/h4-6,8,11H,1,7,9H2,2-3H3,(H2,19,20,21,22,23)/t11-/m0/s1. The number of fused-ring (bicyclic) bond motifs is 1. The van der Waals surface area contributed by atoms with Gasteiger partial charge < -0.3 is 19.8 Å². The lowest BCUT2D eigenvalue weighted by molar-refractivity contribution is -0.116. The maximum Gasteiger partial charge on any atom is 0.257 e. The largest absolute Gasteiger partial charge is 0.493 e. The Morgan fingerprint density at radius 3 is 2.88 bits per heavy atom. The van der Waals surface area contributed by atoms with Gasteiger partial charge in [-0.2, -0.15) is 0 Å². The van der Waals surface area contributed by atoms with E-state index in [0.29, 0.717) is 34.6 Å². The number of hydrogen-bond acceptors (Lipinski definition) is 6. The van der Waals surface area contributed by atoms with Crippen molar-refractivity contribution in [2.75, 3.05) is 25.3 Å². The number of amides is 1. The molecular weight excluding hydrogens is 354 g/mol. The molecule has 1 atom stereocenters. The highest BCUT2D eigenvalue weighted by Gasteiger charge is 2.31. The first-order valence-electron chi connectivity index (χ1n) is 7.97. The minimum atomic E-state index is -0.409. The fourth-order valence-electron chi connectivity index (χ4n) is 2.90. The van der Waals surface area contributed by atoms with E-state index in [2.05, 4.69) is 21.9 Å². The molecule has 0 bridgehead atoms. The Balaban J connectivity index is 2.06. The van der Waals surface area contributed by atoms with Gasteiger partial charge in [-0.15, -0.1) is 0 Å². The molecule has 26 heavy (non-hydrogen) atoms. The molecule has 0 aliphatic carbocycles. The van der Waals surface area contributed by atoms with Gasteiger partial charge in [-0.25, -0.2) is 4.98 Å². The van der Waals surface area contributed by atoms with Gasteiger partial charge in [-0.3, -0.25) is 9.59 Å². The van der Waals surface area contributed by atoms with E-state index in [1.807, 2.05) is 6.07 Å². The van der Waals surface area contributed by atoms with E-state index in [9.17, 15) is 9.59 Å². The Hall–Kier alpha value is -2.74. The van der Waals surface area contributed by atoms with E-state index in [1.165, 1.54) is 11.8 Å². The van der Waals surface area contributed by atoms with Crippen molar-refractivity contribution in [1.82, 2.24) is 9.97 Å². The molecule has 1 aliphatic rings. The monoisotopic (exact) mass is 373 g/mol.